The molecule has 2 aromatic carbocycles. The van der Waals surface area contributed by atoms with Crippen LogP contribution in [0.4, 0.5) is 0 Å². The first kappa shape index (κ1) is 24.7. The summed E-state index contributed by atoms with van der Waals surface area (Å²) in [6.45, 7) is 6.98. The first-order chi connectivity index (χ1) is 16.2. The maximum Gasteiger partial charge on any atom is 0.223 e. The molecule has 6 nitrogen and oxygen atoms in total. The number of nitrogens with one attached hydrogen (secondary N) is 1. The van der Waals surface area contributed by atoms with Gasteiger partial charge in [0.2, 0.25) is 15.9 Å². The normalized spacial score (nSPS) is 20.9. The minimum absolute atomic E-state index is 0.000515. The lowest BCUT2D eigenvalue weighted by Gasteiger charge is -2.42. The average molecular weight is 485 g/mol. The van der Waals surface area contributed by atoms with E-state index in [0.29, 0.717) is 25.9 Å². The number of para-hydroxylation sites is 1. The highest BCUT2D eigenvalue weighted by Crippen LogP contribution is 2.42. The molecule has 4 rings (SSSR count). The molecule has 1 N–H and O–H groups in total. The van der Waals surface area contributed by atoms with E-state index in [1.165, 1.54) is 0 Å². The van der Waals surface area contributed by atoms with Crippen molar-refractivity contribution in [2.75, 3.05) is 13.1 Å². The highest BCUT2D eigenvalue weighted by atomic mass is 32.2. The van der Waals surface area contributed by atoms with Gasteiger partial charge in [0.1, 0.15) is 11.4 Å². The van der Waals surface area contributed by atoms with Crippen molar-refractivity contribution >= 4 is 15.9 Å². The molecule has 1 saturated heterocycles. The molecule has 1 fully saturated rings. The van der Waals surface area contributed by atoms with Gasteiger partial charge >= 0.3 is 0 Å². The summed E-state index contributed by atoms with van der Waals surface area (Å²) in [5.74, 6) is 0.678. The van der Waals surface area contributed by atoms with Crippen molar-refractivity contribution in [3.8, 4) is 5.75 Å². The maximum atomic E-state index is 13.2. The lowest BCUT2D eigenvalue weighted by Crippen LogP contribution is -2.47. The minimum Gasteiger partial charge on any atom is -0.487 e. The SMILES string of the molecule is CCC1(CC)CC(NC(=O)C2CCN(S(=O)(=O)Cc3cccc(C)c3)CC2)c2ccccc2O1. The van der Waals surface area contributed by atoms with Crippen LogP contribution in [0.3, 0.4) is 0 Å². The Balaban J connectivity index is 1.39. The number of piperidine rings is 1. The van der Waals surface area contributed by atoms with E-state index in [9.17, 15) is 13.2 Å². The summed E-state index contributed by atoms with van der Waals surface area (Å²) in [5, 5.41) is 3.28. The highest BCUT2D eigenvalue weighted by Gasteiger charge is 2.40. The van der Waals surface area contributed by atoms with Gasteiger partial charge in [0.25, 0.3) is 0 Å². The van der Waals surface area contributed by atoms with E-state index in [4.69, 9.17) is 4.74 Å². The number of carbonyl (C=O) groups excluding carboxylic acids is 1. The molecular formula is C27H36N2O4S. The molecule has 7 heteroatoms. The van der Waals surface area contributed by atoms with Crippen molar-refractivity contribution in [2.24, 2.45) is 5.92 Å². The van der Waals surface area contributed by atoms with Gasteiger partial charge in [-0.05, 0) is 44.2 Å². The second-order valence-corrected chi connectivity index (χ2v) is 11.7. The zero-order valence-corrected chi connectivity index (χ0v) is 21.2. The third-order valence-corrected chi connectivity index (χ3v) is 9.30. The summed E-state index contributed by atoms with van der Waals surface area (Å²) in [6.07, 6.45) is 3.57. The standard InChI is InChI=1S/C27H36N2O4S/c1-4-27(5-2)18-24(23-11-6-7-12-25(23)33-27)28-26(30)22-13-15-29(16-14-22)34(31,32)19-21-10-8-9-20(3)17-21/h6-12,17,22,24H,4-5,13-16,18-19H2,1-3H3,(H,28,30). The van der Waals surface area contributed by atoms with Crippen molar-refractivity contribution < 1.29 is 17.9 Å². The van der Waals surface area contributed by atoms with E-state index in [2.05, 4.69) is 19.2 Å². The first-order valence-electron chi connectivity index (χ1n) is 12.4. The van der Waals surface area contributed by atoms with Crippen LogP contribution in [-0.2, 0) is 20.6 Å². The molecule has 0 saturated carbocycles. The number of ether oxygens (including phenoxy) is 1. The Morgan fingerprint density at radius 3 is 2.47 bits per heavy atom. The fraction of sp³-hybridized carbons (Fsp3) is 0.519. The number of sulfonamides is 1. The molecule has 1 amide bonds. The van der Waals surface area contributed by atoms with Gasteiger partial charge in [0.05, 0.1) is 11.8 Å². The van der Waals surface area contributed by atoms with Crippen LogP contribution in [-0.4, -0.2) is 37.3 Å². The van der Waals surface area contributed by atoms with Crippen molar-refractivity contribution in [3.05, 3.63) is 65.2 Å². The Morgan fingerprint density at radius 2 is 1.79 bits per heavy atom. The summed E-state index contributed by atoms with van der Waals surface area (Å²) in [7, 11) is -3.41. The van der Waals surface area contributed by atoms with Crippen LogP contribution in [0.25, 0.3) is 0 Å². The van der Waals surface area contributed by atoms with E-state index < -0.39 is 10.0 Å². The largest absolute Gasteiger partial charge is 0.487 e. The number of hydrogen-bond acceptors (Lipinski definition) is 4. The van der Waals surface area contributed by atoms with Gasteiger partial charge < -0.3 is 10.1 Å². The zero-order valence-electron chi connectivity index (χ0n) is 20.4. The first-order valence-corrected chi connectivity index (χ1v) is 14.0. The van der Waals surface area contributed by atoms with Crippen LogP contribution < -0.4 is 10.1 Å². The molecule has 0 radical (unpaired) electrons. The number of fused-ring (bicyclic) bond motifs is 1. The minimum atomic E-state index is -3.41. The summed E-state index contributed by atoms with van der Waals surface area (Å²) in [4.78, 5) is 13.2. The van der Waals surface area contributed by atoms with Gasteiger partial charge in [0, 0.05) is 31.0 Å². The van der Waals surface area contributed by atoms with E-state index in [1.807, 2.05) is 55.5 Å². The van der Waals surface area contributed by atoms with Crippen LogP contribution in [0.5, 0.6) is 5.75 Å². The number of hydrogen-bond donors (Lipinski definition) is 1. The molecule has 2 heterocycles. The molecule has 0 aliphatic carbocycles. The molecule has 34 heavy (non-hydrogen) atoms. The summed E-state index contributed by atoms with van der Waals surface area (Å²) < 4.78 is 33.8. The molecular weight excluding hydrogens is 448 g/mol. The monoisotopic (exact) mass is 484 g/mol. The van der Waals surface area contributed by atoms with Crippen molar-refractivity contribution in [1.29, 1.82) is 0 Å². The molecule has 0 aromatic heterocycles. The Labute approximate surface area is 203 Å². The summed E-state index contributed by atoms with van der Waals surface area (Å²) in [5.41, 5.74) is 2.59. The summed E-state index contributed by atoms with van der Waals surface area (Å²) in [6, 6.07) is 15.5. The maximum absolute atomic E-state index is 13.2. The topological polar surface area (TPSA) is 75.7 Å². The van der Waals surface area contributed by atoms with E-state index in [-0.39, 0.29) is 29.2 Å². The van der Waals surface area contributed by atoms with Crippen LogP contribution in [0.1, 0.15) is 68.7 Å². The molecule has 2 aliphatic rings. The number of nitrogens with zero attached hydrogens (tertiary/aromatic N) is 1. The van der Waals surface area contributed by atoms with Crippen LogP contribution in [0.2, 0.25) is 0 Å². The van der Waals surface area contributed by atoms with Crippen LogP contribution in [0.15, 0.2) is 48.5 Å². The third kappa shape index (κ3) is 5.31. The predicted octanol–water partition coefficient (Wildman–Crippen LogP) is 4.74. The average Bonchev–Trinajstić information content (AvgIpc) is 2.83. The van der Waals surface area contributed by atoms with Crippen LogP contribution >= 0.6 is 0 Å². The fourth-order valence-electron chi connectivity index (χ4n) is 5.22. The highest BCUT2D eigenvalue weighted by molar-refractivity contribution is 7.88. The van der Waals surface area contributed by atoms with Crippen LogP contribution in [0, 0.1) is 12.8 Å². The number of aryl methyl sites for hydroxylation is 1. The Kier molecular flexibility index (Phi) is 7.33. The zero-order chi connectivity index (χ0) is 24.3. The van der Waals surface area contributed by atoms with Gasteiger partial charge in [-0.3, -0.25) is 4.79 Å². The molecule has 0 bridgehead atoms. The molecule has 184 valence electrons. The van der Waals surface area contributed by atoms with E-state index in [1.54, 1.807) is 4.31 Å². The van der Waals surface area contributed by atoms with Crippen molar-refractivity contribution in [1.82, 2.24) is 9.62 Å². The Bertz CT molecular complexity index is 1120. The smallest absolute Gasteiger partial charge is 0.223 e. The lowest BCUT2D eigenvalue weighted by molar-refractivity contribution is -0.127. The number of rotatable bonds is 7. The Hall–Kier alpha value is -2.38. The van der Waals surface area contributed by atoms with Crippen molar-refractivity contribution in [2.45, 2.75) is 70.3 Å². The number of benzene rings is 2. The van der Waals surface area contributed by atoms with Gasteiger partial charge in [-0.2, -0.15) is 0 Å². The molecule has 2 aromatic rings. The number of amides is 1. The van der Waals surface area contributed by atoms with Crippen molar-refractivity contribution in [3.63, 3.8) is 0 Å². The number of carbonyl (C=O) groups is 1. The fourth-order valence-corrected chi connectivity index (χ4v) is 6.77. The molecule has 2 aliphatic heterocycles. The quantitative estimate of drug-likeness (QED) is 0.616. The lowest BCUT2D eigenvalue weighted by atomic mass is 9.83. The van der Waals surface area contributed by atoms with E-state index in [0.717, 1.165) is 41.7 Å². The second-order valence-electron chi connectivity index (χ2n) is 9.71. The van der Waals surface area contributed by atoms with Gasteiger partial charge in [-0.15, -0.1) is 0 Å². The van der Waals surface area contributed by atoms with Gasteiger partial charge in [0.15, 0.2) is 0 Å². The Morgan fingerprint density at radius 1 is 1.09 bits per heavy atom. The predicted molar refractivity (Wildman–Crippen MR) is 134 cm³/mol. The molecule has 1 unspecified atom stereocenters. The third-order valence-electron chi connectivity index (χ3n) is 7.45. The van der Waals surface area contributed by atoms with E-state index >= 15 is 0 Å². The summed E-state index contributed by atoms with van der Waals surface area (Å²) >= 11 is 0. The second kappa shape index (κ2) is 10.1. The van der Waals surface area contributed by atoms with Gasteiger partial charge in [-0.25, -0.2) is 12.7 Å². The van der Waals surface area contributed by atoms with Gasteiger partial charge in [-0.1, -0.05) is 61.9 Å². The molecule has 0 spiro atoms. The molecule has 1 atom stereocenters.